The fourth-order valence-electron chi connectivity index (χ4n) is 4.16. The third-order valence-electron chi connectivity index (χ3n) is 5.99. The van der Waals surface area contributed by atoms with E-state index < -0.39 is 36.9 Å². The minimum atomic E-state index is -2.73. The van der Waals surface area contributed by atoms with Gasteiger partial charge in [0, 0.05) is 30.8 Å². The van der Waals surface area contributed by atoms with Crippen LogP contribution >= 0.6 is 0 Å². The largest absolute Gasteiger partial charge is 0.348 e. The highest BCUT2D eigenvalue weighted by Crippen LogP contribution is 2.29. The predicted octanol–water partition coefficient (Wildman–Crippen LogP) is 2.08. The van der Waals surface area contributed by atoms with Gasteiger partial charge < -0.3 is 15.5 Å². The average Bonchev–Trinajstić information content (AvgIpc) is 3.08. The SMILES string of the molecule is Cc1cc(NC(=O)N2Cc3c(nn4c3C(=O)N(C)OC(C(=O)NCC(F)F)C4)CC2C)ccc1F. The summed E-state index contributed by atoms with van der Waals surface area (Å²) in [6, 6.07) is 3.56. The van der Waals surface area contributed by atoms with Crippen LogP contribution in [0.5, 0.6) is 0 Å². The minimum absolute atomic E-state index is 0.0691. The van der Waals surface area contributed by atoms with Gasteiger partial charge in [-0.05, 0) is 37.6 Å². The molecule has 0 radical (unpaired) electrons. The summed E-state index contributed by atoms with van der Waals surface area (Å²) in [6.07, 6.45) is -3.62. The Bertz CT molecular complexity index is 1170. The number of benzene rings is 1. The molecule has 0 aliphatic carbocycles. The number of aromatic nitrogens is 2. The smallest absolute Gasteiger partial charge is 0.322 e. The zero-order chi connectivity index (χ0) is 25.4. The molecule has 188 valence electrons. The molecule has 2 aromatic rings. The number of halogens is 3. The maximum Gasteiger partial charge on any atom is 0.322 e. The van der Waals surface area contributed by atoms with Crippen molar-refractivity contribution in [3.05, 3.63) is 46.5 Å². The maximum absolute atomic E-state index is 13.6. The van der Waals surface area contributed by atoms with Crippen molar-refractivity contribution < 1.29 is 32.4 Å². The van der Waals surface area contributed by atoms with Gasteiger partial charge in [-0.1, -0.05) is 0 Å². The Morgan fingerprint density at radius 2 is 2.06 bits per heavy atom. The van der Waals surface area contributed by atoms with Crippen molar-refractivity contribution >= 4 is 23.5 Å². The Balaban J connectivity index is 1.57. The van der Waals surface area contributed by atoms with E-state index in [2.05, 4.69) is 15.7 Å². The lowest BCUT2D eigenvalue weighted by atomic mass is 9.99. The molecule has 2 atom stereocenters. The number of rotatable bonds is 4. The normalized spacial score (nSPS) is 19.8. The molecule has 13 heteroatoms. The van der Waals surface area contributed by atoms with E-state index in [1.54, 1.807) is 6.92 Å². The Labute approximate surface area is 198 Å². The molecular weight excluding hydrogens is 469 g/mol. The molecule has 0 saturated carbocycles. The van der Waals surface area contributed by atoms with Crippen molar-refractivity contribution in [2.45, 2.75) is 51.9 Å². The van der Waals surface area contributed by atoms with Gasteiger partial charge in [-0.25, -0.2) is 23.0 Å². The fraction of sp³-hybridized carbons (Fsp3) is 0.455. The zero-order valence-electron chi connectivity index (χ0n) is 19.3. The van der Waals surface area contributed by atoms with Gasteiger partial charge in [-0.3, -0.25) is 19.1 Å². The molecule has 0 fully saturated rings. The standard InChI is InChI=1S/C22H25F3N6O4/c1-11-6-13(4-5-15(11)23)27-22(34)30-9-14-16(7-12(30)2)28-31-10-17(20(32)26-8-18(24)25)35-29(3)21(33)19(14)31/h4-6,12,17-18H,7-10H2,1-3H3,(H,26,32)(H,27,34). The first-order valence-corrected chi connectivity index (χ1v) is 11.0. The highest BCUT2D eigenvalue weighted by atomic mass is 19.3. The van der Waals surface area contributed by atoms with Crippen molar-refractivity contribution in [2.24, 2.45) is 0 Å². The molecule has 4 amide bonds. The van der Waals surface area contributed by atoms with Gasteiger partial charge in [-0.2, -0.15) is 5.10 Å². The molecule has 2 N–H and O–H groups in total. The summed E-state index contributed by atoms with van der Waals surface area (Å²) >= 11 is 0. The summed E-state index contributed by atoms with van der Waals surface area (Å²) in [7, 11) is 1.32. The minimum Gasteiger partial charge on any atom is -0.348 e. The first kappa shape index (κ1) is 24.5. The van der Waals surface area contributed by atoms with E-state index in [1.807, 2.05) is 6.92 Å². The lowest BCUT2D eigenvalue weighted by molar-refractivity contribution is -0.168. The zero-order valence-corrected chi connectivity index (χ0v) is 19.3. The van der Waals surface area contributed by atoms with Crippen molar-refractivity contribution in [3.8, 4) is 0 Å². The fourth-order valence-corrected chi connectivity index (χ4v) is 4.16. The quantitative estimate of drug-likeness (QED) is 0.677. The molecular formula is C22H25F3N6O4. The molecule has 35 heavy (non-hydrogen) atoms. The number of carbonyl (C=O) groups excluding carboxylic acids is 3. The number of anilines is 1. The monoisotopic (exact) mass is 494 g/mol. The van der Waals surface area contributed by atoms with Crippen LogP contribution in [0.1, 0.15) is 34.2 Å². The number of aryl methyl sites for hydroxylation is 1. The van der Waals surface area contributed by atoms with Crippen molar-refractivity contribution in [2.75, 3.05) is 18.9 Å². The Morgan fingerprint density at radius 1 is 1.31 bits per heavy atom. The van der Waals surface area contributed by atoms with Crippen LogP contribution in [0.25, 0.3) is 0 Å². The van der Waals surface area contributed by atoms with E-state index in [-0.39, 0.29) is 30.6 Å². The number of carbonyl (C=O) groups is 3. The van der Waals surface area contributed by atoms with Gasteiger partial charge in [-0.15, -0.1) is 0 Å². The lowest BCUT2D eigenvalue weighted by Crippen LogP contribution is -2.45. The topological polar surface area (TPSA) is 109 Å². The van der Waals surface area contributed by atoms with Crippen LogP contribution in [0, 0.1) is 12.7 Å². The van der Waals surface area contributed by atoms with Gasteiger partial charge in [0.25, 0.3) is 18.2 Å². The van der Waals surface area contributed by atoms with Gasteiger partial charge in [0.15, 0.2) is 6.10 Å². The molecule has 10 nitrogen and oxygen atoms in total. The van der Waals surface area contributed by atoms with Crippen LogP contribution in [0.2, 0.25) is 0 Å². The number of fused-ring (bicyclic) bond motifs is 3. The Hall–Kier alpha value is -3.61. The third kappa shape index (κ3) is 4.94. The van der Waals surface area contributed by atoms with E-state index in [9.17, 15) is 27.6 Å². The molecule has 2 aliphatic rings. The second kappa shape index (κ2) is 9.56. The van der Waals surface area contributed by atoms with Crippen LogP contribution in [0.4, 0.5) is 23.7 Å². The predicted molar refractivity (Wildman–Crippen MR) is 117 cm³/mol. The van der Waals surface area contributed by atoms with Crippen molar-refractivity contribution in [1.29, 1.82) is 0 Å². The first-order chi connectivity index (χ1) is 16.5. The number of hydrogen-bond donors (Lipinski definition) is 2. The molecule has 3 heterocycles. The molecule has 0 saturated heterocycles. The van der Waals surface area contributed by atoms with Crippen molar-refractivity contribution in [1.82, 2.24) is 25.1 Å². The second-order valence-corrected chi connectivity index (χ2v) is 8.56. The van der Waals surface area contributed by atoms with Gasteiger partial charge >= 0.3 is 6.03 Å². The molecule has 4 rings (SSSR count). The third-order valence-corrected chi connectivity index (χ3v) is 5.99. The summed E-state index contributed by atoms with van der Waals surface area (Å²) in [5.41, 5.74) is 2.10. The number of hydroxylamine groups is 2. The summed E-state index contributed by atoms with van der Waals surface area (Å²) in [5.74, 6) is -1.75. The number of amides is 4. The lowest BCUT2D eigenvalue weighted by Gasteiger charge is -2.33. The summed E-state index contributed by atoms with van der Waals surface area (Å²) in [5, 5.41) is 10.2. The number of alkyl halides is 2. The Kier molecular flexibility index (Phi) is 6.70. The summed E-state index contributed by atoms with van der Waals surface area (Å²) in [4.78, 5) is 45.3. The van der Waals surface area contributed by atoms with Crippen molar-refractivity contribution in [3.63, 3.8) is 0 Å². The maximum atomic E-state index is 13.6. The van der Waals surface area contributed by atoms with E-state index >= 15 is 0 Å². The summed E-state index contributed by atoms with van der Waals surface area (Å²) < 4.78 is 39.9. The second-order valence-electron chi connectivity index (χ2n) is 8.56. The molecule has 1 aromatic heterocycles. The van der Waals surface area contributed by atoms with Crippen LogP contribution in [0.3, 0.4) is 0 Å². The van der Waals surface area contributed by atoms with Crippen LogP contribution < -0.4 is 10.6 Å². The average molecular weight is 494 g/mol. The highest BCUT2D eigenvalue weighted by Gasteiger charge is 2.39. The molecule has 1 aromatic carbocycles. The highest BCUT2D eigenvalue weighted by molar-refractivity contribution is 5.95. The number of urea groups is 1. The summed E-state index contributed by atoms with van der Waals surface area (Å²) in [6.45, 7) is 2.49. The van der Waals surface area contributed by atoms with Gasteiger partial charge in [0.05, 0.1) is 25.3 Å². The van der Waals surface area contributed by atoms with Crippen LogP contribution in [-0.4, -0.2) is 69.8 Å². The molecule has 2 aliphatic heterocycles. The van der Waals surface area contributed by atoms with E-state index in [1.165, 1.54) is 34.8 Å². The number of hydrogen-bond acceptors (Lipinski definition) is 5. The molecule has 0 bridgehead atoms. The van der Waals surface area contributed by atoms with Crippen LogP contribution in [0.15, 0.2) is 18.2 Å². The van der Waals surface area contributed by atoms with E-state index in [0.717, 1.165) is 5.06 Å². The van der Waals surface area contributed by atoms with E-state index in [0.29, 0.717) is 28.9 Å². The first-order valence-electron chi connectivity index (χ1n) is 11.0. The molecule has 2 unspecified atom stereocenters. The number of nitrogens with one attached hydrogen (secondary N) is 2. The Morgan fingerprint density at radius 3 is 2.74 bits per heavy atom. The molecule has 0 spiro atoms. The van der Waals surface area contributed by atoms with E-state index in [4.69, 9.17) is 4.84 Å². The van der Waals surface area contributed by atoms with Gasteiger partial charge in [0.1, 0.15) is 11.5 Å². The van der Waals surface area contributed by atoms with Gasteiger partial charge in [0.2, 0.25) is 0 Å². The number of nitrogens with zero attached hydrogens (tertiary/aromatic N) is 4. The van der Waals surface area contributed by atoms with Crippen LogP contribution in [-0.2, 0) is 29.1 Å².